The fourth-order valence-electron chi connectivity index (χ4n) is 1.96. The summed E-state index contributed by atoms with van der Waals surface area (Å²) in [5.41, 5.74) is 5.70. The van der Waals surface area contributed by atoms with Gasteiger partial charge in [-0.3, -0.25) is 15.4 Å². The Balaban J connectivity index is 1.92. The summed E-state index contributed by atoms with van der Waals surface area (Å²) in [6, 6.07) is 16.3. The zero-order valence-corrected chi connectivity index (χ0v) is 14.4. The Morgan fingerprint density at radius 2 is 1.79 bits per heavy atom. The van der Waals surface area contributed by atoms with E-state index in [-0.39, 0.29) is 6.42 Å². The van der Waals surface area contributed by atoms with Crippen LogP contribution in [0.4, 0.5) is 5.69 Å². The first-order chi connectivity index (χ1) is 11.5. The second-order valence-corrected chi connectivity index (χ2v) is 5.78. The second-order valence-electron chi connectivity index (χ2n) is 5.37. The number of benzene rings is 2. The molecule has 0 aliphatic heterocycles. The summed E-state index contributed by atoms with van der Waals surface area (Å²) in [6.07, 6.45) is -0.0189. The highest BCUT2D eigenvalue weighted by atomic mass is 32.1. The number of rotatable bonds is 5. The van der Waals surface area contributed by atoms with Crippen molar-refractivity contribution < 1.29 is 10.0 Å². The summed E-state index contributed by atoms with van der Waals surface area (Å²) in [5.74, 6) is -0.467. The lowest BCUT2D eigenvalue weighted by Gasteiger charge is -2.14. The fraction of sp³-hybridized carbons (Fsp3) is 0.167. The van der Waals surface area contributed by atoms with Gasteiger partial charge in [-0.2, -0.15) is 10.2 Å². The van der Waals surface area contributed by atoms with Gasteiger partial charge in [0, 0.05) is 11.3 Å². The number of nitrogens with zero attached hydrogens (tertiary/aromatic N) is 2. The lowest BCUT2D eigenvalue weighted by Crippen LogP contribution is -2.29. The molecule has 24 heavy (non-hydrogen) atoms. The monoisotopic (exact) mass is 341 g/mol. The van der Waals surface area contributed by atoms with E-state index in [1.54, 1.807) is 31.2 Å². The van der Waals surface area contributed by atoms with E-state index in [0.717, 1.165) is 11.1 Å². The predicted molar refractivity (Wildman–Crippen MR) is 99.5 cm³/mol. The van der Waals surface area contributed by atoms with Crippen molar-refractivity contribution in [3.8, 4) is 0 Å². The zero-order valence-electron chi connectivity index (χ0n) is 13.6. The number of hydrazone groups is 1. The van der Waals surface area contributed by atoms with Crippen molar-refractivity contribution in [1.29, 1.82) is 0 Å². The largest absolute Gasteiger partial charge is 0.281 e. The molecule has 2 aromatic rings. The predicted octanol–water partition coefficient (Wildman–Crippen LogP) is 3.45. The Hall–Kier alpha value is -2.57. The molecule has 0 heterocycles. The van der Waals surface area contributed by atoms with Crippen LogP contribution in [0.25, 0.3) is 0 Å². The number of amides is 1. The van der Waals surface area contributed by atoms with Crippen molar-refractivity contribution in [3.63, 3.8) is 0 Å². The fourth-order valence-corrected chi connectivity index (χ4v) is 2.14. The number of hydrogen-bond donors (Lipinski definition) is 2. The quantitative estimate of drug-likeness (QED) is 0.378. The smallest absolute Gasteiger partial charge is 0.256 e. The molecule has 0 aliphatic rings. The standard InChI is InChI=1S/C18H19N3O2S/c1-13-8-10-15(11-9-13)18(24)20-19-14(2)12-17(22)21(23)16-6-4-3-5-7-16/h3-11,23H,12H2,1-2H3,(H,20,24)/b19-14+. The van der Waals surface area contributed by atoms with Gasteiger partial charge in [-0.25, -0.2) is 0 Å². The summed E-state index contributed by atoms with van der Waals surface area (Å²) in [4.78, 5) is 12.5. The molecule has 1 amide bonds. The highest BCUT2D eigenvalue weighted by Gasteiger charge is 2.14. The maximum atomic E-state index is 12.0. The maximum Gasteiger partial charge on any atom is 0.256 e. The van der Waals surface area contributed by atoms with Crippen molar-refractivity contribution >= 4 is 34.5 Å². The van der Waals surface area contributed by atoms with Crippen LogP contribution < -0.4 is 10.5 Å². The Morgan fingerprint density at radius 1 is 1.17 bits per heavy atom. The molecule has 124 valence electrons. The molecule has 0 saturated carbocycles. The van der Waals surface area contributed by atoms with Gasteiger partial charge < -0.3 is 0 Å². The molecule has 6 heteroatoms. The van der Waals surface area contributed by atoms with E-state index >= 15 is 0 Å². The number of aryl methyl sites for hydroxylation is 1. The van der Waals surface area contributed by atoms with E-state index in [9.17, 15) is 10.0 Å². The number of carbonyl (C=O) groups is 1. The first kappa shape index (κ1) is 17.8. The third-order valence-electron chi connectivity index (χ3n) is 3.31. The van der Waals surface area contributed by atoms with Gasteiger partial charge in [0.15, 0.2) is 0 Å². The number of anilines is 1. The molecule has 0 radical (unpaired) electrons. The highest BCUT2D eigenvalue weighted by molar-refractivity contribution is 7.80. The third-order valence-corrected chi connectivity index (χ3v) is 3.63. The van der Waals surface area contributed by atoms with E-state index in [0.29, 0.717) is 21.5 Å². The zero-order chi connectivity index (χ0) is 17.5. The van der Waals surface area contributed by atoms with Gasteiger partial charge in [-0.05, 0) is 26.0 Å². The van der Waals surface area contributed by atoms with Crippen LogP contribution in [-0.2, 0) is 4.79 Å². The molecule has 0 unspecified atom stereocenters. The Labute approximate surface area is 146 Å². The second kappa shape index (κ2) is 8.33. The van der Waals surface area contributed by atoms with Crippen LogP contribution in [0.3, 0.4) is 0 Å². The molecule has 0 bridgehead atoms. The van der Waals surface area contributed by atoms with E-state index in [2.05, 4.69) is 10.5 Å². The van der Waals surface area contributed by atoms with Crippen LogP contribution in [0.2, 0.25) is 0 Å². The van der Waals surface area contributed by atoms with Gasteiger partial charge in [-0.1, -0.05) is 60.2 Å². The van der Waals surface area contributed by atoms with Crippen LogP contribution in [0, 0.1) is 6.92 Å². The average Bonchev–Trinajstić information content (AvgIpc) is 2.60. The minimum Gasteiger partial charge on any atom is -0.281 e. The van der Waals surface area contributed by atoms with Crippen molar-refractivity contribution in [3.05, 3.63) is 65.7 Å². The summed E-state index contributed by atoms with van der Waals surface area (Å²) < 4.78 is 0. The van der Waals surface area contributed by atoms with Gasteiger partial charge in [0.05, 0.1) is 12.1 Å². The van der Waals surface area contributed by atoms with Crippen LogP contribution in [-0.4, -0.2) is 21.8 Å². The first-order valence-corrected chi connectivity index (χ1v) is 7.85. The number of hydrogen-bond acceptors (Lipinski definition) is 4. The van der Waals surface area contributed by atoms with Crippen molar-refractivity contribution in [2.45, 2.75) is 20.3 Å². The van der Waals surface area contributed by atoms with Crippen molar-refractivity contribution in [2.75, 3.05) is 5.06 Å². The molecule has 2 aromatic carbocycles. The molecule has 2 rings (SSSR count). The molecule has 0 fully saturated rings. The third kappa shape index (κ3) is 4.97. The van der Waals surface area contributed by atoms with Crippen LogP contribution in [0.1, 0.15) is 24.5 Å². The molecule has 2 N–H and O–H groups in total. The summed E-state index contributed by atoms with van der Waals surface area (Å²) in [7, 11) is 0. The summed E-state index contributed by atoms with van der Waals surface area (Å²) in [5, 5.41) is 14.6. The number of thiocarbonyl (C=S) groups is 1. The normalized spacial score (nSPS) is 11.0. The SMILES string of the molecule is C/C(CC(=O)N(O)c1ccccc1)=N\NC(=S)c1ccc(C)cc1. The first-order valence-electron chi connectivity index (χ1n) is 7.44. The lowest BCUT2D eigenvalue weighted by atomic mass is 10.1. The topological polar surface area (TPSA) is 64.9 Å². The number of nitrogens with one attached hydrogen (secondary N) is 1. The average molecular weight is 341 g/mol. The van der Waals surface area contributed by atoms with Crippen molar-refractivity contribution in [2.24, 2.45) is 5.10 Å². The molecule has 0 atom stereocenters. The highest BCUT2D eigenvalue weighted by Crippen LogP contribution is 2.12. The molecular formula is C18H19N3O2S. The van der Waals surface area contributed by atoms with Crippen LogP contribution in [0.5, 0.6) is 0 Å². The Bertz CT molecular complexity index is 743. The summed E-state index contributed by atoms with van der Waals surface area (Å²) >= 11 is 5.26. The van der Waals surface area contributed by atoms with Gasteiger partial charge in [0.1, 0.15) is 4.99 Å². The molecule has 0 aliphatic carbocycles. The lowest BCUT2D eigenvalue weighted by molar-refractivity contribution is -0.122. The molecular weight excluding hydrogens is 322 g/mol. The van der Waals surface area contributed by atoms with Crippen molar-refractivity contribution in [1.82, 2.24) is 5.43 Å². The van der Waals surface area contributed by atoms with E-state index in [1.165, 1.54) is 0 Å². The van der Waals surface area contributed by atoms with E-state index in [1.807, 2.05) is 37.3 Å². The van der Waals surface area contributed by atoms with Crippen LogP contribution in [0.15, 0.2) is 59.7 Å². The maximum absolute atomic E-state index is 12.0. The van der Waals surface area contributed by atoms with E-state index < -0.39 is 5.91 Å². The molecule has 5 nitrogen and oxygen atoms in total. The van der Waals surface area contributed by atoms with Gasteiger partial charge in [0.2, 0.25) is 0 Å². The number of para-hydroxylation sites is 1. The molecule has 0 aromatic heterocycles. The van der Waals surface area contributed by atoms with Gasteiger partial charge >= 0.3 is 0 Å². The van der Waals surface area contributed by atoms with Gasteiger partial charge in [0.25, 0.3) is 5.91 Å². The summed E-state index contributed by atoms with van der Waals surface area (Å²) in [6.45, 7) is 3.70. The Kier molecular flexibility index (Phi) is 6.17. The van der Waals surface area contributed by atoms with E-state index in [4.69, 9.17) is 12.2 Å². The number of hydroxylamine groups is 1. The van der Waals surface area contributed by atoms with Gasteiger partial charge in [-0.15, -0.1) is 0 Å². The molecule has 0 saturated heterocycles. The molecule has 0 spiro atoms. The minimum absolute atomic E-state index is 0.0189. The number of carbonyl (C=O) groups excluding carboxylic acids is 1. The minimum atomic E-state index is -0.467. The van der Waals surface area contributed by atoms with Crippen LogP contribution >= 0.6 is 12.2 Å². The Morgan fingerprint density at radius 3 is 2.42 bits per heavy atom.